The predicted octanol–water partition coefficient (Wildman–Crippen LogP) is 2.09. The second-order valence-electron chi connectivity index (χ2n) is 5.53. The average Bonchev–Trinajstić information content (AvgIpc) is 2.80. The van der Waals surface area contributed by atoms with Crippen LogP contribution in [-0.4, -0.2) is 30.5 Å². The highest BCUT2D eigenvalue weighted by atomic mass is 16.5. The van der Waals surface area contributed by atoms with Gasteiger partial charge in [-0.25, -0.2) is 0 Å². The maximum absolute atomic E-state index is 10.3. The SMILES string of the molecule is COC1CC(O)(CCc2ccc3c(c2)CCO3)C1. The molecule has 3 heteroatoms. The Morgan fingerprint density at radius 2 is 2.28 bits per heavy atom. The standard InChI is InChI=1S/C15H20O3/c1-17-13-9-15(16,10-13)6-4-11-2-3-14-12(8-11)5-7-18-14/h2-3,8,13,16H,4-7,9-10H2,1H3. The van der Waals surface area contributed by atoms with Gasteiger partial charge in [-0.2, -0.15) is 0 Å². The number of aliphatic hydroxyl groups is 1. The molecule has 1 saturated carbocycles. The second-order valence-corrected chi connectivity index (χ2v) is 5.53. The van der Waals surface area contributed by atoms with E-state index in [1.165, 1.54) is 11.1 Å². The number of hydrogen-bond acceptors (Lipinski definition) is 3. The molecule has 18 heavy (non-hydrogen) atoms. The van der Waals surface area contributed by atoms with Crippen LogP contribution in [0.1, 0.15) is 30.4 Å². The highest BCUT2D eigenvalue weighted by molar-refractivity contribution is 5.39. The number of ether oxygens (including phenoxy) is 2. The van der Waals surface area contributed by atoms with Crippen molar-refractivity contribution in [3.63, 3.8) is 0 Å². The van der Waals surface area contributed by atoms with Crippen LogP contribution in [0.25, 0.3) is 0 Å². The van der Waals surface area contributed by atoms with Crippen LogP contribution < -0.4 is 4.74 Å². The molecular formula is C15H20O3. The Hall–Kier alpha value is -1.06. The van der Waals surface area contributed by atoms with Gasteiger partial charge in [0.15, 0.2) is 0 Å². The van der Waals surface area contributed by atoms with E-state index in [2.05, 4.69) is 18.2 Å². The zero-order chi connectivity index (χ0) is 12.6. The fraction of sp³-hybridized carbons (Fsp3) is 0.600. The van der Waals surface area contributed by atoms with E-state index in [9.17, 15) is 5.11 Å². The quantitative estimate of drug-likeness (QED) is 0.886. The van der Waals surface area contributed by atoms with Crippen LogP contribution in [0, 0.1) is 0 Å². The lowest BCUT2D eigenvalue weighted by atomic mass is 9.74. The van der Waals surface area contributed by atoms with Crippen molar-refractivity contribution in [3.05, 3.63) is 29.3 Å². The molecule has 1 N–H and O–H groups in total. The van der Waals surface area contributed by atoms with Gasteiger partial charge < -0.3 is 14.6 Å². The summed E-state index contributed by atoms with van der Waals surface area (Å²) >= 11 is 0. The molecule has 0 unspecified atom stereocenters. The van der Waals surface area contributed by atoms with Crippen molar-refractivity contribution in [2.75, 3.05) is 13.7 Å². The molecular weight excluding hydrogens is 228 g/mol. The van der Waals surface area contributed by atoms with E-state index in [0.29, 0.717) is 0 Å². The lowest BCUT2D eigenvalue weighted by Gasteiger charge is -2.42. The van der Waals surface area contributed by atoms with Crippen molar-refractivity contribution >= 4 is 0 Å². The van der Waals surface area contributed by atoms with Crippen molar-refractivity contribution in [1.29, 1.82) is 0 Å². The lowest BCUT2D eigenvalue weighted by molar-refractivity contribution is -0.130. The minimum Gasteiger partial charge on any atom is -0.493 e. The van der Waals surface area contributed by atoms with E-state index in [0.717, 1.165) is 44.5 Å². The molecule has 1 aliphatic heterocycles. The maximum atomic E-state index is 10.3. The predicted molar refractivity (Wildman–Crippen MR) is 68.9 cm³/mol. The van der Waals surface area contributed by atoms with Gasteiger partial charge in [0, 0.05) is 26.4 Å². The fourth-order valence-corrected chi connectivity index (χ4v) is 2.93. The Morgan fingerprint density at radius 1 is 1.44 bits per heavy atom. The first kappa shape index (κ1) is 12.0. The van der Waals surface area contributed by atoms with Gasteiger partial charge in [-0.3, -0.25) is 0 Å². The highest BCUT2D eigenvalue weighted by Gasteiger charge is 2.42. The molecule has 0 spiro atoms. The summed E-state index contributed by atoms with van der Waals surface area (Å²) in [5.41, 5.74) is 2.10. The van der Waals surface area contributed by atoms with Crippen molar-refractivity contribution in [1.82, 2.24) is 0 Å². The third-order valence-corrected chi connectivity index (χ3v) is 4.18. The molecule has 1 aromatic rings. The first-order chi connectivity index (χ1) is 8.68. The van der Waals surface area contributed by atoms with E-state index in [4.69, 9.17) is 9.47 Å². The van der Waals surface area contributed by atoms with Crippen molar-refractivity contribution in [2.24, 2.45) is 0 Å². The Balaban J connectivity index is 1.57. The van der Waals surface area contributed by atoms with E-state index in [-0.39, 0.29) is 6.10 Å². The number of rotatable bonds is 4. The van der Waals surface area contributed by atoms with Crippen molar-refractivity contribution in [2.45, 2.75) is 43.8 Å². The number of aryl methyl sites for hydroxylation is 1. The molecule has 0 saturated heterocycles. The molecule has 0 atom stereocenters. The number of fused-ring (bicyclic) bond motifs is 1. The van der Waals surface area contributed by atoms with Gasteiger partial charge in [0.1, 0.15) is 5.75 Å². The third-order valence-electron chi connectivity index (χ3n) is 4.18. The summed E-state index contributed by atoms with van der Waals surface area (Å²) in [6, 6.07) is 6.39. The molecule has 0 radical (unpaired) electrons. The van der Waals surface area contributed by atoms with E-state index in [1.807, 2.05) is 0 Å². The first-order valence-corrected chi connectivity index (χ1v) is 6.68. The highest BCUT2D eigenvalue weighted by Crippen LogP contribution is 2.38. The molecule has 98 valence electrons. The molecule has 1 heterocycles. The monoisotopic (exact) mass is 248 g/mol. The lowest BCUT2D eigenvalue weighted by Crippen LogP contribution is -2.48. The Morgan fingerprint density at radius 3 is 3.06 bits per heavy atom. The summed E-state index contributed by atoms with van der Waals surface area (Å²) < 4.78 is 10.7. The Labute approximate surface area is 108 Å². The van der Waals surface area contributed by atoms with Gasteiger partial charge in [0.05, 0.1) is 18.3 Å². The first-order valence-electron chi connectivity index (χ1n) is 6.68. The summed E-state index contributed by atoms with van der Waals surface area (Å²) in [6.07, 6.45) is 4.57. The number of methoxy groups -OCH3 is 1. The smallest absolute Gasteiger partial charge is 0.122 e. The molecule has 2 aliphatic rings. The number of benzene rings is 1. The Kier molecular flexibility index (Phi) is 3.04. The minimum absolute atomic E-state index is 0.253. The number of hydrogen-bond donors (Lipinski definition) is 1. The maximum Gasteiger partial charge on any atom is 0.122 e. The van der Waals surface area contributed by atoms with Crippen LogP contribution in [0.2, 0.25) is 0 Å². The molecule has 0 amide bonds. The van der Waals surface area contributed by atoms with Gasteiger partial charge in [-0.1, -0.05) is 12.1 Å². The fourth-order valence-electron chi connectivity index (χ4n) is 2.93. The van der Waals surface area contributed by atoms with Gasteiger partial charge >= 0.3 is 0 Å². The molecule has 1 fully saturated rings. The van der Waals surface area contributed by atoms with Crippen LogP contribution in [0.4, 0.5) is 0 Å². The molecule has 1 aliphatic carbocycles. The summed E-state index contributed by atoms with van der Waals surface area (Å²) in [6.45, 7) is 0.804. The molecule has 3 nitrogen and oxygen atoms in total. The van der Waals surface area contributed by atoms with Crippen LogP contribution in [-0.2, 0) is 17.6 Å². The summed E-state index contributed by atoms with van der Waals surface area (Å²) in [5.74, 6) is 1.03. The van der Waals surface area contributed by atoms with E-state index >= 15 is 0 Å². The van der Waals surface area contributed by atoms with Gasteiger partial charge in [0.2, 0.25) is 0 Å². The second kappa shape index (κ2) is 4.56. The zero-order valence-corrected chi connectivity index (χ0v) is 10.8. The van der Waals surface area contributed by atoms with Crippen molar-refractivity contribution in [3.8, 4) is 5.75 Å². The van der Waals surface area contributed by atoms with Crippen LogP contribution in [0.3, 0.4) is 0 Å². The average molecular weight is 248 g/mol. The van der Waals surface area contributed by atoms with Gasteiger partial charge in [-0.05, 0) is 30.0 Å². The van der Waals surface area contributed by atoms with E-state index < -0.39 is 5.60 Å². The Bertz CT molecular complexity index is 435. The summed E-state index contributed by atoms with van der Waals surface area (Å²) in [7, 11) is 1.71. The summed E-state index contributed by atoms with van der Waals surface area (Å²) in [5, 5.41) is 10.3. The molecule has 0 bridgehead atoms. The molecule has 0 aromatic heterocycles. The minimum atomic E-state index is -0.504. The van der Waals surface area contributed by atoms with E-state index in [1.54, 1.807) is 7.11 Å². The normalized spacial score (nSPS) is 29.6. The summed E-state index contributed by atoms with van der Waals surface area (Å²) in [4.78, 5) is 0. The van der Waals surface area contributed by atoms with Crippen LogP contribution in [0.5, 0.6) is 5.75 Å². The van der Waals surface area contributed by atoms with Crippen LogP contribution >= 0.6 is 0 Å². The van der Waals surface area contributed by atoms with Gasteiger partial charge in [0.25, 0.3) is 0 Å². The molecule has 3 rings (SSSR count). The zero-order valence-electron chi connectivity index (χ0n) is 10.8. The topological polar surface area (TPSA) is 38.7 Å². The molecule has 1 aromatic carbocycles. The van der Waals surface area contributed by atoms with Gasteiger partial charge in [-0.15, -0.1) is 0 Å². The third kappa shape index (κ3) is 2.25. The van der Waals surface area contributed by atoms with Crippen molar-refractivity contribution < 1.29 is 14.6 Å². The van der Waals surface area contributed by atoms with Crippen LogP contribution in [0.15, 0.2) is 18.2 Å². The largest absolute Gasteiger partial charge is 0.493 e.